The van der Waals surface area contributed by atoms with Crippen LogP contribution in [0, 0.1) is 5.92 Å². The van der Waals surface area contributed by atoms with Gasteiger partial charge in [0.2, 0.25) is 0 Å². The molecule has 7 rings (SSSR count). The van der Waals surface area contributed by atoms with Crippen molar-refractivity contribution in [1.82, 2.24) is 19.9 Å². The molecule has 38 heavy (non-hydrogen) atoms. The number of ether oxygens (including phenoxy) is 4. The van der Waals surface area contributed by atoms with Gasteiger partial charge in [0.1, 0.15) is 17.0 Å². The van der Waals surface area contributed by atoms with E-state index in [-0.39, 0.29) is 31.5 Å². The zero-order chi connectivity index (χ0) is 25.5. The Morgan fingerprint density at radius 2 is 1.47 bits per heavy atom. The smallest absolute Gasteiger partial charge is 0.252 e. The van der Waals surface area contributed by atoms with Crippen molar-refractivity contribution in [3.8, 4) is 11.5 Å². The standard InChI is InChI=1S/C29H28N4O5/c34-29(33-25-4-2-1-3-24(25)30-31-33)19-9-11-32(12-10-19)28(20-5-7-26-22(13-20)15-35-17-37-26)21-6-8-27-23(14-21)16-36-18-38-27/h1-8,13-14,19,28H,9-12,15-18H2. The quantitative estimate of drug-likeness (QED) is 0.400. The molecular formula is C29H28N4O5. The van der Waals surface area contributed by atoms with Crippen LogP contribution in [0.3, 0.4) is 0 Å². The lowest BCUT2D eigenvalue weighted by atomic mass is 9.89. The number of para-hydroxylation sites is 1. The van der Waals surface area contributed by atoms with Crippen LogP contribution in [0.5, 0.6) is 11.5 Å². The van der Waals surface area contributed by atoms with E-state index in [2.05, 4.69) is 39.5 Å². The minimum atomic E-state index is -0.104. The lowest BCUT2D eigenvalue weighted by molar-refractivity contribution is -0.0165. The summed E-state index contributed by atoms with van der Waals surface area (Å²) in [6.45, 7) is 3.19. The van der Waals surface area contributed by atoms with Crippen molar-refractivity contribution in [2.75, 3.05) is 26.7 Å². The molecule has 9 heteroatoms. The van der Waals surface area contributed by atoms with E-state index < -0.39 is 0 Å². The third kappa shape index (κ3) is 4.22. The first kappa shape index (κ1) is 23.3. The molecule has 0 spiro atoms. The summed E-state index contributed by atoms with van der Waals surface area (Å²) >= 11 is 0. The summed E-state index contributed by atoms with van der Waals surface area (Å²) in [5, 5.41) is 8.33. The summed E-state index contributed by atoms with van der Waals surface area (Å²) in [6, 6.07) is 20.3. The van der Waals surface area contributed by atoms with Crippen LogP contribution >= 0.6 is 0 Å². The molecule has 0 radical (unpaired) electrons. The first-order chi connectivity index (χ1) is 18.7. The number of nitrogens with zero attached hydrogens (tertiary/aromatic N) is 4. The number of piperidine rings is 1. The van der Waals surface area contributed by atoms with Crippen molar-refractivity contribution < 1.29 is 23.7 Å². The maximum absolute atomic E-state index is 13.4. The molecule has 4 aromatic rings. The normalized spacial score (nSPS) is 18.0. The average Bonchev–Trinajstić information content (AvgIpc) is 3.41. The summed E-state index contributed by atoms with van der Waals surface area (Å²) in [6.07, 6.45) is 1.50. The van der Waals surface area contributed by atoms with Crippen LogP contribution in [0.2, 0.25) is 0 Å². The molecule has 9 nitrogen and oxygen atoms in total. The summed E-state index contributed by atoms with van der Waals surface area (Å²) < 4.78 is 23.9. The Morgan fingerprint density at radius 3 is 2.13 bits per heavy atom. The van der Waals surface area contributed by atoms with E-state index in [0.717, 1.165) is 59.6 Å². The van der Waals surface area contributed by atoms with Gasteiger partial charge in [0, 0.05) is 17.0 Å². The van der Waals surface area contributed by atoms with E-state index >= 15 is 0 Å². The highest BCUT2D eigenvalue weighted by Crippen LogP contribution is 2.38. The summed E-state index contributed by atoms with van der Waals surface area (Å²) in [7, 11) is 0. The second kappa shape index (κ2) is 9.83. The van der Waals surface area contributed by atoms with Gasteiger partial charge in [0.25, 0.3) is 5.91 Å². The molecule has 3 aliphatic heterocycles. The van der Waals surface area contributed by atoms with Gasteiger partial charge in [0.05, 0.1) is 24.8 Å². The summed E-state index contributed by atoms with van der Waals surface area (Å²) in [5.74, 6) is 1.65. The van der Waals surface area contributed by atoms with Crippen LogP contribution in [0.4, 0.5) is 0 Å². The molecule has 0 bridgehead atoms. The molecule has 3 aromatic carbocycles. The largest absolute Gasteiger partial charge is 0.467 e. The summed E-state index contributed by atoms with van der Waals surface area (Å²) in [5.41, 5.74) is 5.93. The second-order valence-electron chi connectivity index (χ2n) is 10.00. The predicted molar refractivity (Wildman–Crippen MR) is 138 cm³/mol. The fourth-order valence-electron chi connectivity index (χ4n) is 5.78. The number of rotatable bonds is 4. The van der Waals surface area contributed by atoms with E-state index in [4.69, 9.17) is 18.9 Å². The topological polar surface area (TPSA) is 87.9 Å². The van der Waals surface area contributed by atoms with E-state index in [1.54, 1.807) is 0 Å². The molecule has 3 aliphatic rings. The van der Waals surface area contributed by atoms with Gasteiger partial charge in [0.15, 0.2) is 13.6 Å². The first-order valence-electron chi connectivity index (χ1n) is 13.0. The fraction of sp³-hybridized carbons (Fsp3) is 0.345. The van der Waals surface area contributed by atoms with Crippen LogP contribution in [0.1, 0.15) is 45.9 Å². The van der Waals surface area contributed by atoms with Gasteiger partial charge in [-0.05, 0) is 73.5 Å². The Balaban J connectivity index is 1.17. The maximum atomic E-state index is 13.4. The van der Waals surface area contributed by atoms with Gasteiger partial charge in [-0.2, -0.15) is 4.68 Å². The van der Waals surface area contributed by atoms with Gasteiger partial charge in [-0.3, -0.25) is 9.69 Å². The summed E-state index contributed by atoms with van der Waals surface area (Å²) in [4.78, 5) is 15.9. The lowest BCUT2D eigenvalue weighted by Crippen LogP contribution is -2.40. The number of carbonyl (C=O) groups excluding carboxylic acids is 1. The molecule has 0 aliphatic carbocycles. The second-order valence-corrected chi connectivity index (χ2v) is 10.00. The highest BCUT2D eigenvalue weighted by atomic mass is 16.7. The number of fused-ring (bicyclic) bond motifs is 3. The number of hydrogen-bond donors (Lipinski definition) is 0. The minimum absolute atomic E-state index is 0.0118. The van der Waals surface area contributed by atoms with Crippen molar-refractivity contribution >= 4 is 16.9 Å². The monoisotopic (exact) mass is 512 g/mol. The SMILES string of the molecule is O=C(C1CCN(C(c2ccc3c(c2)COCO3)c2ccc3c(c2)COCO3)CC1)n1nnc2ccccc21. The van der Waals surface area contributed by atoms with Gasteiger partial charge in [-0.15, -0.1) is 5.10 Å². The molecular weight excluding hydrogens is 484 g/mol. The molecule has 0 amide bonds. The third-order valence-corrected chi connectivity index (χ3v) is 7.72. The highest BCUT2D eigenvalue weighted by molar-refractivity contribution is 5.90. The van der Waals surface area contributed by atoms with Gasteiger partial charge >= 0.3 is 0 Å². The van der Waals surface area contributed by atoms with Crippen molar-refractivity contribution in [2.45, 2.75) is 32.1 Å². The van der Waals surface area contributed by atoms with Gasteiger partial charge in [-0.1, -0.05) is 29.5 Å². The zero-order valence-corrected chi connectivity index (χ0v) is 20.9. The Kier molecular flexibility index (Phi) is 6.04. The number of likely N-dealkylation sites (tertiary alicyclic amines) is 1. The molecule has 0 saturated carbocycles. The van der Waals surface area contributed by atoms with E-state index in [1.807, 2.05) is 36.4 Å². The van der Waals surface area contributed by atoms with E-state index in [0.29, 0.717) is 13.2 Å². The van der Waals surface area contributed by atoms with Crippen LogP contribution in [-0.4, -0.2) is 52.5 Å². The molecule has 194 valence electrons. The van der Waals surface area contributed by atoms with Crippen molar-refractivity contribution in [2.24, 2.45) is 5.92 Å². The lowest BCUT2D eigenvalue weighted by Gasteiger charge is -2.38. The van der Waals surface area contributed by atoms with E-state index in [1.165, 1.54) is 15.8 Å². The predicted octanol–water partition coefficient (Wildman–Crippen LogP) is 4.31. The zero-order valence-electron chi connectivity index (χ0n) is 20.9. The molecule has 1 saturated heterocycles. The molecule has 0 unspecified atom stereocenters. The number of benzene rings is 3. The Labute approximate surface area is 219 Å². The van der Waals surface area contributed by atoms with E-state index in [9.17, 15) is 4.79 Å². The molecule has 4 heterocycles. The minimum Gasteiger partial charge on any atom is -0.467 e. The number of aromatic nitrogens is 3. The van der Waals surface area contributed by atoms with Crippen LogP contribution in [0.15, 0.2) is 60.7 Å². The molecule has 0 atom stereocenters. The van der Waals surface area contributed by atoms with Gasteiger partial charge < -0.3 is 18.9 Å². The van der Waals surface area contributed by atoms with Crippen LogP contribution in [-0.2, 0) is 22.7 Å². The fourth-order valence-corrected chi connectivity index (χ4v) is 5.78. The number of hydrogen-bond acceptors (Lipinski definition) is 8. The third-order valence-electron chi connectivity index (χ3n) is 7.72. The Bertz CT molecular complexity index is 1430. The molecule has 1 fully saturated rings. The Morgan fingerprint density at radius 1 is 0.842 bits per heavy atom. The van der Waals surface area contributed by atoms with Gasteiger partial charge in [-0.25, -0.2) is 0 Å². The first-order valence-corrected chi connectivity index (χ1v) is 13.0. The van der Waals surface area contributed by atoms with Crippen molar-refractivity contribution in [3.63, 3.8) is 0 Å². The van der Waals surface area contributed by atoms with Crippen molar-refractivity contribution in [3.05, 3.63) is 82.9 Å². The van der Waals surface area contributed by atoms with Crippen LogP contribution < -0.4 is 9.47 Å². The molecule has 1 aromatic heterocycles. The number of carbonyl (C=O) groups is 1. The van der Waals surface area contributed by atoms with Crippen molar-refractivity contribution in [1.29, 1.82) is 0 Å². The van der Waals surface area contributed by atoms with Crippen LogP contribution in [0.25, 0.3) is 11.0 Å². The highest BCUT2D eigenvalue weighted by Gasteiger charge is 2.33. The maximum Gasteiger partial charge on any atom is 0.252 e. The average molecular weight is 513 g/mol. The Hall–Kier alpha value is -3.79. The molecule has 0 N–H and O–H groups in total.